The minimum absolute atomic E-state index is 0.248. The van der Waals surface area contributed by atoms with Crippen LogP contribution < -0.4 is 9.47 Å². The van der Waals surface area contributed by atoms with Crippen LogP contribution in [-0.4, -0.2) is 11.9 Å². The van der Waals surface area contributed by atoms with Gasteiger partial charge in [0.2, 0.25) is 6.79 Å². The Bertz CT molecular complexity index is 745. The van der Waals surface area contributed by atoms with E-state index in [1.807, 2.05) is 36.4 Å². The van der Waals surface area contributed by atoms with Crippen molar-refractivity contribution < 1.29 is 14.6 Å². The molecule has 1 N–H and O–H groups in total. The third-order valence-electron chi connectivity index (χ3n) is 3.43. The molecule has 3 aromatic rings. The van der Waals surface area contributed by atoms with Gasteiger partial charge in [-0.1, -0.05) is 24.3 Å². The zero-order valence-corrected chi connectivity index (χ0v) is 11.4. The first-order valence-corrected chi connectivity index (χ1v) is 7.19. The number of thiophene rings is 1. The number of aliphatic hydroxyl groups is 1. The molecule has 0 bridgehead atoms. The second kappa shape index (κ2) is 4.51. The molecule has 1 atom stereocenters. The smallest absolute Gasteiger partial charge is 0.231 e. The number of fused-ring (bicyclic) bond motifs is 2. The lowest BCUT2D eigenvalue weighted by Gasteiger charge is -2.09. The first-order chi connectivity index (χ1) is 9.81. The second-order valence-electron chi connectivity index (χ2n) is 4.70. The van der Waals surface area contributed by atoms with E-state index in [-0.39, 0.29) is 6.79 Å². The van der Waals surface area contributed by atoms with Crippen LogP contribution in [0.3, 0.4) is 0 Å². The van der Waals surface area contributed by atoms with Gasteiger partial charge in [0.15, 0.2) is 11.5 Å². The predicted molar refractivity (Wildman–Crippen MR) is 78.5 cm³/mol. The summed E-state index contributed by atoms with van der Waals surface area (Å²) in [5.74, 6) is 1.43. The van der Waals surface area contributed by atoms with E-state index >= 15 is 0 Å². The van der Waals surface area contributed by atoms with Crippen LogP contribution in [-0.2, 0) is 0 Å². The van der Waals surface area contributed by atoms with Crippen LogP contribution in [0.2, 0.25) is 0 Å². The third-order valence-corrected chi connectivity index (χ3v) is 4.59. The average molecular weight is 284 g/mol. The molecule has 0 fully saturated rings. The largest absolute Gasteiger partial charge is 0.454 e. The lowest BCUT2D eigenvalue weighted by atomic mass is 10.1. The highest BCUT2D eigenvalue weighted by Crippen LogP contribution is 2.38. The molecule has 0 aliphatic carbocycles. The fourth-order valence-electron chi connectivity index (χ4n) is 2.38. The Kier molecular flexibility index (Phi) is 2.65. The molecule has 0 spiro atoms. The van der Waals surface area contributed by atoms with Crippen LogP contribution in [0, 0.1) is 0 Å². The molecule has 1 aliphatic rings. The van der Waals surface area contributed by atoms with Crippen LogP contribution in [0.4, 0.5) is 0 Å². The third kappa shape index (κ3) is 1.85. The summed E-state index contributed by atoms with van der Waals surface area (Å²) in [5, 5.41) is 11.7. The van der Waals surface area contributed by atoms with Crippen molar-refractivity contribution in [2.75, 3.05) is 6.79 Å². The molecule has 1 aromatic heterocycles. The van der Waals surface area contributed by atoms with Crippen molar-refractivity contribution in [2.45, 2.75) is 6.10 Å². The molecule has 0 saturated carbocycles. The average Bonchev–Trinajstić information content (AvgIpc) is 3.11. The minimum atomic E-state index is -0.637. The summed E-state index contributed by atoms with van der Waals surface area (Å²) in [5.41, 5.74) is 0.820. The van der Waals surface area contributed by atoms with E-state index < -0.39 is 6.10 Å². The van der Waals surface area contributed by atoms with E-state index in [0.29, 0.717) is 5.75 Å². The molecule has 100 valence electrons. The van der Waals surface area contributed by atoms with Crippen molar-refractivity contribution in [1.82, 2.24) is 0 Å². The zero-order valence-electron chi connectivity index (χ0n) is 10.6. The maximum absolute atomic E-state index is 10.5. The Labute approximate surface area is 120 Å². The molecule has 2 heterocycles. The summed E-state index contributed by atoms with van der Waals surface area (Å²) in [6, 6.07) is 15.7. The monoisotopic (exact) mass is 284 g/mol. The van der Waals surface area contributed by atoms with Gasteiger partial charge in [0.05, 0.1) is 0 Å². The van der Waals surface area contributed by atoms with E-state index in [1.54, 1.807) is 11.3 Å². The van der Waals surface area contributed by atoms with E-state index in [9.17, 15) is 5.11 Å². The van der Waals surface area contributed by atoms with Crippen LogP contribution in [0.15, 0.2) is 48.5 Å². The Morgan fingerprint density at radius 1 is 1.00 bits per heavy atom. The lowest BCUT2D eigenvalue weighted by molar-refractivity contribution is 0.173. The standard InChI is InChI=1S/C16H12O3S/c17-16(11-5-6-12-13(7-11)19-9-18-12)15-8-10-3-1-2-4-14(10)20-15/h1-8,16-17H,9H2. The Hall–Kier alpha value is -2.04. The summed E-state index contributed by atoms with van der Waals surface area (Å²) in [6.07, 6.45) is -0.637. The Morgan fingerprint density at radius 2 is 1.85 bits per heavy atom. The number of rotatable bonds is 2. The molecule has 4 rings (SSSR count). The minimum Gasteiger partial charge on any atom is -0.454 e. The van der Waals surface area contributed by atoms with Crippen molar-refractivity contribution in [1.29, 1.82) is 0 Å². The molecule has 0 saturated heterocycles. The number of ether oxygens (including phenoxy) is 2. The number of benzene rings is 2. The van der Waals surface area contributed by atoms with Crippen LogP contribution in [0.1, 0.15) is 16.5 Å². The fraction of sp³-hybridized carbons (Fsp3) is 0.125. The molecule has 2 aromatic carbocycles. The van der Waals surface area contributed by atoms with Gasteiger partial charge in [0.1, 0.15) is 6.10 Å². The summed E-state index contributed by atoms with van der Waals surface area (Å²) in [6.45, 7) is 0.248. The molecule has 20 heavy (non-hydrogen) atoms. The maximum Gasteiger partial charge on any atom is 0.231 e. The van der Waals surface area contributed by atoms with Crippen LogP contribution >= 0.6 is 11.3 Å². The van der Waals surface area contributed by atoms with Gasteiger partial charge in [0, 0.05) is 9.58 Å². The topological polar surface area (TPSA) is 38.7 Å². The second-order valence-corrected chi connectivity index (χ2v) is 5.82. The summed E-state index contributed by atoms with van der Waals surface area (Å²) in [7, 11) is 0. The predicted octanol–water partition coefficient (Wildman–Crippen LogP) is 3.71. The van der Waals surface area contributed by atoms with Crippen molar-refractivity contribution in [3.8, 4) is 11.5 Å². The van der Waals surface area contributed by atoms with Crippen LogP contribution in [0.25, 0.3) is 10.1 Å². The molecule has 1 aliphatic heterocycles. The highest BCUT2D eigenvalue weighted by atomic mass is 32.1. The number of hydrogen-bond donors (Lipinski definition) is 1. The Balaban J connectivity index is 1.74. The Morgan fingerprint density at radius 3 is 2.75 bits per heavy atom. The van der Waals surface area contributed by atoms with E-state index in [4.69, 9.17) is 9.47 Å². The van der Waals surface area contributed by atoms with E-state index in [0.717, 1.165) is 21.6 Å². The molecular weight excluding hydrogens is 272 g/mol. The van der Waals surface area contributed by atoms with Gasteiger partial charge in [-0.2, -0.15) is 0 Å². The van der Waals surface area contributed by atoms with Gasteiger partial charge in [-0.05, 0) is 35.2 Å². The van der Waals surface area contributed by atoms with E-state index in [2.05, 4.69) is 12.1 Å². The van der Waals surface area contributed by atoms with Gasteiger partial charge in [-0.3, -0.25) is 0 Å². The van der Waals surface area contributed by atoms with E-state index in [1.165, 1.54) is 4.70 Å². The first kappa shape index (κ1) is 11.8. The normalized spacial score (nSPS) is 14.7. The molecular formula is C16H12O3S. The maximum atomic E-state index is 10.5. The molecule has 0 amide bonds. The van der Waals surface area contributed by atoms with Gasteiger partial charge >= 0.3 is 0 Å². The van der Waals surface area contributed by atoms with Crippen LogP contribution in [0.5, 0.6) is 11.5 Å². The lowest BCUT2D eigenvalue weighted by Crippen LogP contribution is -1.96. The van der Waals surface area contributed by atoms with Crippen molar-refractivity contribution >= 4 is 21.4 Å². The zero-order chi connectivity index (χ0) is 13.5. The van der Waals surface area contributed by atoms with Crippen molar-refractivity contribution in [3.05, 3.63) is 59.0 Å². The van der Waals surface area contributed by atoms with Gasteiger partial charge < -0.3 is 14.6 Å². The SMILES string of the molecule is OC(c1ccc2c(c1)OCO2)c1cc2ccccc2s1. The molecule has 3 nitrogen and oxygen atoms in total. The molecule has 0 radical (unpaired) electrons. The van der Waals surface area contributed by atoms with Gasteiger partial charge in [-0.15, -0.1) is 11.3 Å². The summed E-state index contributed by atoms with van der Waals surface area (Å²) in [4.78, 5) is 0.935. The molecule has 1 unspecified atom stereocenters. The fourth-order valence-corrected chi connectivity index (χ4v) is 3.46. The van der Waals surface area contributed by atoms with Crippen molar-refractivity contribution in [2.24, 2.45) is 0 Å². The highest BCUT2D eigenvalue weighted by Gasteiger charge is 2.19. The summed E-state index contributed by atoms with van der Waals surface area (Å²) < 4.78 is 11.8. The summed E-state index contributed by atoms with van der Waals surface area (Å²) >= 11 is 1.61. The molecule has 4 heteroatoms. The quantitative estimate of drug-likeness (QED) is 0.779. The highest BCUT2D eigenvalue weighted by molar-refractivity contribution is 7.19. The van der Waals surface area contributed by atoms with Gasteiger partial charge in [0.25, 0.3) is 0 Å². The first-order valence-electron chi connectivity index (χ1n) is 6.37. The van der Waals surface area contributed by atoms with Crippen molar-refractivity contribution in [3.63, 3.8) is 0 Å². The van der Waals surface area contributed by atoms with Gasteiger partial charge in [-0.25, -0.2) is 0 Å². The number of aliphatic hydroxyl groups excluding tert-OH is 1. The number of hydrogen-bond acceptors (Lipinski definition) is 4.